The molecule has 1 aromatic heterocycles. The summed E-state index contributed by atoms with van der Waals surface area (Å²) in [5, 5.41) is 0. The van der Waals surface area contributed by atoms with Gasteiger partial charge in [-0.05, 0) is 18.1 Å². The van der Waals surface area contributed by atoms with Crippen LogP contribution in [-0.2, 0) is 4.79 Å². The lowest BCUT2D eigenvalue weighted by Crippen LogP contribution is -2.50. The first-order valence-electron chi connectivity index (χ1n) is 7.15. The topological polar surface area (TPSA) is 82.3 Å². The molecule has 1 aliphatic heterocycles. The number of nitrogens with one attached hydrogen (secondary N) is 4. The lowest BCUT2D eigenvalue weighted by molar-refractivity contribution is -0.123. The van der Waals surface area contributed by atoms with Crippen LogP contribution in [0.25, 0.3) is 0 Å². The molecule has 2 amide bonds. The fourth-order valence-corrected chi connectivity index (χ4v) is 3.86. The zero-order valence-electron chi connectivity index (χ0n) is 12.3. The highest BCUT2D eigenvalue weighted by Crippen LogP contribution is 2.30. The molecular formula is C15H14Cl2N4O2S. The number of thiophene rings is 1. The first kappa shape index (κ1) is 17.2. The minimum Gasteiger partial charge on any atom is -0.271 e. The standard InChI is InChI=1S/C15H14Cl2N4O2S/c16-12-6-9(13(17)24-12)14(22)20-21-15(23)11-7-10(18-19-11)8-4-2-1-3-5-8/h1-6,10-11,18-19H,7H2,(H,20,22)(H,21,23). The van der Waals surface area contributed by atoms with Crippen LogP contribution in [0.2, 0.25) is 8.67 Å². The predicted octanol–water partition coefficient (Wildman–Crippen LogP) is 2.42. The van der Waals surface area contributed by atoms with Crippen LogP contribution in [0.3, 0.4) is 0 Å². The highest BCUT2D eigenvalue weighted by molar-refractivity contribution is 7.20. The van der Waals surface area contributed by atoms with Gasteiger partial charge >= 0.3 is 0 Å². The molecule has 0 bridgehead atoms. The Morgan fingerprint density at radius 2 is 1.88 bits per heavy atom. The number of carbonyl (C=O) groups is 2. The van der Waals surface area contributed by atoms with Gasteiger partial charge in [-0.2, -0.15) is 0 Å². The molecular weight excluding hydrogens is 371 g/mol. The van der Waals surface area contributed by atoms with Gasteiger partial charge in [0.05, 0.1) is 9.90 Å². The number of benzene rings is 1. The highest BCUT2D eigenvalue weighted by Gasteiger charge is 2.30. The summed E-state index contributed by atoms with van der Waals surface area (Å²) in [6.45, 7) is 0. The van der Waals surface area contributed by atoms with Gasteiger partial charge in [0.1, 0.15) is 10.4 Å². The lowest BCUT2D eigenvalue weighted by Gasteiger charge is -2.11. The third-order valence-corrected chi connectivity index (χ3v) is 5.11. The van der Waals surface area contributed by atoms with Crippen molar-refractivity contribution in [1.82, 2.24) is 21.7 Å². The maximum Gasteiger partial charge on any atom is 0.272 e. The SMILES string of the molecule is O=C(NNC(=O)C1CC(c2ccccc2)NN1)c1cc(Cl)sc1Cl. The number of hydrazine groups is 2. The zero-order valence-corrected chi connectivity index (χ0v) is 14.6. The summed E-state index contributed by atoms with van der Waals surface area (Å²) >= 11 is 12.8. The molecule has 1 aliphatic rings. The van der Waals surface area contributed by atoms with E-state index in [1.807, 2.05) is 30.3 Å². The van der Waals surface area contributed by atoms with Crippen LogP contribution >= 0.6 is 34.5 Å². The molecule has 24 heavy (non-hydrogen) atoms. The number of hydrogen-bond acceptors (Lipinski definition) is 5. The maximum absolute atomic E-state index is 12.2. The Hall–Kier alpha value is -1.64. The fraction of sp³-hybridized carbons (Fsp3) is 0.200. The Morgan fingerprint density at radius 1 is 1.12 bits per heavy atom. The number of halogens is 2. The fourth-order valence-electron chi connectivity index (χ4n) is 2.40. The number of rotatable bonds is 3. The lowest BCUT2D eigenvalue weighted by atomic mass is 10.0. The Balaban J connectivity index is 1.53. The molecule has 2 atom stereocenters. The predicted molar refractivity (Wildman–Crippen MR) is 93.8 cm³/mol. The van der Waals surface area contributed by atoms with E-state index in [0.717, 1.165) is 16.9 Å². The van der Waals surface area contributed by atoms with Gasteiger partial charge in [0, 0.05) is 6.04 Å². The van der Waals surface area contributed by atoms with E-state index in [0.29, 0.717) is 10.8 Å². The molecule has 0 radical (unpaired) electrons. The van der Waals surface area contributed by atoms with E-state index in [1.54, 1.807) is 0 Å². The molecule has 0 spiro atoms. The summed E-state index contributed by atoms with van der Waals surface area (Å²) in [6, 6.07) is 10.8. The quantitative estimate of drug-likeness (QED) is 0.612. The average molecular weight is 385 g/mol. The second-order valence-corrected chi connectivity index (χ2v) is 7.51. The van der Waals surface area contributed by atoms with Gasteiger partial charge in [-0.25, -0.2) is 10.9 Å². The minimum atomic E-state index is -0.512. The van der Waals surface area contributed by atoms with Gasteiger partial charge in [0.2, 0.25) is 0 Å². The molecule has 0 saturated carbocycles. The van der Waals surface area contributed by atoms with Crippen molar-refractivity contribution in [3.63, 3.8) is 0 Å². The molecule has 1 aromatic carbocycles. The van der Waals surface area contributed by atoms with Crippen molar-refractivity contribution in [1.29, 1.82) is 0 Å². The number of hydrogen-bond donors (Lipinski definition) is 4. The van der Waals surface area contributed by atoms with Crippen LogP contribution < -0.4 is 21.7 Å². The van der Waals surface area contributed by atoms with Gasteiger partial charge in [-0.15, -0.1) is 11.3 Å². The molecule has 4 N–H and O–H groups in total. The Kier molecular flexibility index (Phi) is 5.37. The maximum atomic E-state index is 12.2. The molecule has 2 unspecified atom stereocenters. The minimum absolute atomic E-state index is 0.0303. The van der Waals surface area contributed by atoms with Crippen LogP contribution in [0.1, 0.15) is 28.4 Å². The van der Waals surface area contributed by atoms with Crippen LogP contribution in [0.15, 0.2) is 36.4 Å². The third-order valence-electron chi connectivity index (χ3n) is 3.62. The van der Waals surface area contributed by atoms with E-state index in [9.17, 15) is 9.59 Å². The van der Waals surface area contributed by atoms with Gasteiger partial charge in [-0.1, -0.05) is 53.5 Å². The first-order chi connectivity index (χ1) is 11.5. The summed E-state index contributed by atoms with van der Waals surface area (Å²) < 4.78 is 0.681. The molecule has 2 aromatic rings. The molecule has 2 heterocycles. The summed E-state index contributed by atoms with van der Waals surface area (Å²) in [7, 11) is 0. The van der Waals surface area contributed by atoms with Gasteiger partial charge in [-0.3, -0.25) is 20.4 Å². The number of amides is 2. The van der Waals surface area contributed by atoms with Crippen LogP contribution in [-0.4, -0.2) is 17.9 Å². The molecule has 126 valence electrons. The van der Waals surface area contributed by atoms with Crippen LogP contribution in [0.5, 0.6) is 0 Å². The summed E-state index contributed by atoms with van der Waals surface area (Å²) in [4.78, 5) is 24.1. The van der Waals surface area contributed by atoms with E-state index in [2.05, 4.69) is 21.7 Å². The highest BCUT2D eigenvalue weighted by atomic mass is 35.5. The molecule has 9 heteroatoms. The zero-order chi connectivity index (χ0) is 17.1. The van der Waals surface area contributed by atoms with E-state index >= 15 is 0 Å². The molecule has 3 rings (SSSR count). The Bertz CT molecular complexity index is 753. The van der Waals surface area contributed by atoms with E-state index in [1.165, 1.54) is 6.07 Å². The summed E-state index contributed by atoms with van der Waals surface area (Å²) in [6.07, 6.45) is 0.566. The van der Waals surface area contributed by atoms with Crippen molar-refractivity contribution in [2.75, 3.05) is 0 Å². The largest absolute Gasteiger partial charge is 0.272 e. The number of carbonyl (C=O) groups excluding carboxylic acids is 2. The first-order valence-corrected chi connectivity index (χ1v) is 8.73. The van der Waals surface area contributed by atoms with Crippen molar-refractivity contribution in [2.45, 2.75) is 18.5 Å². The van der Waals surface area contributed by atoms with Crippen molar-refractivity contribution in [3.05, 3.63) is 56.2 Å². The average Bonchev–Trinajstić information content (AvgIpc) is 3.20. The van der Waals surface area contributed by atoms with Gasteiger partial charge in [0.15, 0.2) is 0 Å². The molecule has 1 fully saturated rings. The Labute approximate surface area is 152 Å². The van der Waals surface area contributed by atoms with Crippen LogP contribution in [0.4, 0.5) is 0 Å². The Morgan fingerprint density at radius 3 is 2.54 bits per heavy atom. The van der Waals surface area contributed by atoms with Crippen molar-refractivity contribution < 1.29 is 9.59 Å². The molecule has 1 saturated heterocycles. The second-order valence-electron chi connectivity index (χ2n) is 5.22. The third kappa shape index (κ3) is 3.88. The van der Waals surface area contributed by atoms with Crippen molar-refractivity contribution >= 4 is 46.4 Å². The van der Waals surface area contributed by atoms with Crippen LogP contribution in [0, 0.1) is 0 Å². The molecule has 0 aliphatic carbocycles. The van der Waals surface area contributed by atoms with Gasteiger partial charge in [0.25, 0.3) is 11.8 Å². The smallest absolute Gasteiger partial charge is 0.271 e. The molecule has 6 nitrogen and oxygen atoms in total. The van der Waals surface area contributed by atoms with E-state index in [4.69, 9.17) is 23.2 Å². The van der Waals surface area contributed by atoms with E-state index in [-0.39, 0.29) is 21.8 Å². The van der Waals surface area contributed by atoms with Gasteiger partial charge < -0.3 is 0 Å². The van der Waals surface area contributed by atoms with Crippen molar-refractivity contribution in [2.24, 2.45) is 0 Å². The second kappa shape index (κ2) is 7.50. The van der Waals surface area contributed by atoms with E-state index < -0.39 is 11.9 Å². The normalized spacial score (nSPS) is 19.9. The summed E-state index contributed by atoms with van der Waals surface area (Å²) in [5.41, 5.74) is 12.1. The summed E-state index contributed by atoms with van der Waals surface area (Å²) in [5.74, 6) is -0.853. The monoisotopic (exact) mass is 384 g/mol. The van der Waals surface area contributed by atoms with Crippen molar-refractivity contribution in [3.8, 4) is 0 Å².